The summed E-state index contributed by atoms with van der Waals surface area (Å²) in [6, 6.07) is 9.45. The van der Waals surface area contributed by atoms with Crippen LogP contribution in [0.2, 0.25) is 0 Å². The molecular formula is C13H9BrN4O3. The number of nitrogens with zero attached hydrogens (tertiary/aromatic N) is 3. The number of carbonyl (C=O) groups excluding carboxylic acids is 1. The Morgan fingerprint density at radius 3 is 2.86 bits per heavy atom. The van der Waals surface area contributed by atoms with Crippen LogP contribution in [0.3, 0.4) is 0 Å². The number of rotatable bonds is 4. The summed E-state index contributed by atoms with van der Waals surface area (Å²) in [4.78, 5) is 25.8. The first-order valence-electron chi connectivity index (χ1n) is 5.76. The predicted octanol–water partition coefficient (Wildman–Crippen LogP) is 2.52. The van der Waals surface area contributed by atoms with Gasteiger partial charge in [0.2, 0.25) is 0 Å². The van der Waals surface area contributed by atoms with Crippen molar-refractivity contribution >= 4 is 33.7 Å². The number of aromatic nitrogens is 1. The molecule has 0 saturated heterocycles. The molecule has 2 rings (SSSR count). The van der Waals surface area contributed by atoms with Crippen LogP contribution in [0.25, 0.3) is 0 Å². The lowest BCUT2D eigenvalue weighted by atomic mass is 10.2. The van der Waals surface area contributed by atoms with Crippen molar-refractivity contribution in [2.45, 2.75) is 0 Å². The van der Waals surface area contributed by atoms with Gasteiger partial charge in [-0.15, -0.1) is 0 Å². The Hall–Kier alpha value is -2.61. The number of nitrogens with one attached hydrogen (secondary N) is 1. The quantitative estimate of drug-likeness (QED) is 0.521. The normalized spacial score (nSPS) is 10.5. The second-order valence-corrected chi connectivity index (χ2v) is 4.74. The molecule has 1 N–H and O–H groups in total. The second kappa shape index (κ2) is 6.71. The first-order valence-corrected chi connectivity index (χ1v) is 6.55. The van der Waals surface area contributed by atoms with Gasteiger partial charge in [-0.05, 0) is 34.1 Å². The van der Waals surface area contributed by atoms with E-state index in [-0.39, 0.29) is 11.4 Å². The molecule has 1 heterocycles. The molecule has 0 aliphatic rings. The van der Waals surface area contributed by atoms with Crippen molar-refractivity contribution < 1.29 is 9.72 Å². The van der Waals surface area contributed by atoms with E-state index < -0.39 is 10.8 Å². The van der Waals surface area contributed by atoms with E-state index in [2.05, 4.69) is 31.4 Å². The second-order valence-electron chi connectivity index (χ2n) is 3.88. The number of hydrogen-bond donors (Lipinski definition) is 1. The van der Waals surface area contributed by atoms with Gasteiger partial charge in [-0.2, -0.15) is 5.10 Å². The van der Waals surface area contributed by atoms with Gasteiger partial charge in [0.05, 0.1) is 15.6 Å². The first kappa shape index (κ1) is 14.8. The molecule has 2 aromatic rings. The highest BCUT2D eigenvalue weighted by atomic mass is 79.9. The fourth-order valence-corrected chi connectivity index (χ4v) is 1.86. The Morgan fingerprint density at radius 1 is 1.38 bits per heavy atom. The average molecular weight is 349 g/mol. The highest BCUT2D eigenvalue weighted by molar-refractivity contribution is 9.10. The molecule has 0 saturated carbocycles. The lowest BCUT2D eigenvalue weighted by Crippen LogP contribution is -2.18. The van der Waals surface area contributed by atoms with Crippen molar-refractivity contribution in [3.63, 3.8) is 0 Å². The minimum absolute atomic E-state index is 0.0741. The molecule has 1 amide bonds. The van der Waals surface area contributed by atoms with E-state index in [1.165, 1.54) is 18.5 Å². The summed E-state index contributed by atoms with van der Waals surface area (Å²) in [6.07, 6.45) is 2.82. The Balaban J connectivity index is 2.07. The Bertz CT molecular complexity index is 704. The third-order valence-electron chi connectivity index (χ3n) is 2.44. The summed E-state index contributed by atoms with van der Waals surface area (Å²) in [5, 5.41) is 14.5. The predicted molar refractivity (Wildman–Crippen MR) is 80.1 cm³/mol. The van der Waals surface area contributed by atoms with Crippen LogP contribution in [0.1, 0.15) is 16.1 Å². The monoisotopic (exact) mass is 348 g/mol. The van der Waals surface area contributed by atoms with E-state index >= 15 is 0 Å². The maximum absolute atomic E-state index is 11.7. The molecule has 1 aromatic heterocycles. The lowest BCUT2D eigenvalue weighted by Gasteiger charge is -1.99. The molecule has 0 spiro atoms. The molecule has 0 unspecified atom stereocenters. The highest BCUT2D eigenvalue weighted by Gasteiger charge is 2.11. The number of carbonyl (C=O) groups is 1. The van der Waals surface area contributed by atoms with Crippen LogP contribution >= 0.6 is 15.9 Å². The third kappa shape index (κ3) is 3.93. The fraction of sp³-hybridized carbons (Fsp3) is 0. The number of halogens is 1. The highest BCUT2D eigenvalue weighted by Crippen LogP contribution is 2.24. The van der Waals surface area contributed by atoms with Gasteiger partial charge in [0.25, 0.3) is 11.6 Å². The fourth-order valence-electron chi connectivity index (χ4n) is 1.47. The van der Waals surface area contributed by atoms with Crippen molar-refractivity contribution in [3.05, 3.63) is 68.4 Å². The van der Waals surface area contributed by atoms with Gasteiger partial charge in [0.15, 0.2) is 0 Å². The summed E-state index contributed by atoms with van der Waals surface area (Å²) in [5.41, 5.74) is 2.95. The first-order chi connectivity index (χ1) is 10.1. The number of hydrazone groups is 1. The van der Waals surface area contributed by atoms with E-state index in [1.54, 1.807) is 30.3 Å². The molecule has 8 heteroatoms. The molecule has 21 heavy (non-hydrogen) atoms. The third-order valence-corrected chi connectivity index (χ3v) is 3.11. The molecule has 0 fully saturated rings. The van der Waals surface area contributed by atoms with Gasteiger partial charge < -0.3 is 0 Å². The van der Waals surface area contributed by atoms with Crippen LogP contribution in [0.4, 0.5) is 5.69 Å². The zero-order chi connectivity index (χ0) is 15.2. The molecule has 0 aliphatic carbocycles. The van der Waals surface area contributed by atoms with Gasteiger partial charge >= 0.3 is 0 Å². The van der Waals surface area contributed by atoms with Crippen LogP contribution < -0.4 is 5.43 Å². The minimum atomic E-state index is -0.506. The number of pyridine rings is 1. The Kier molecular flexibility index (Phi) is 4.72. The standard InChI is InChI=1S/C13H9BrN4O3/c14-10-5-4-9(7-12(10)18(20)21)8-16-17-13(19)11-3-1-2-6-15-11/h1-8H,(H,17,19). The van der Waals surface area contributed by atoms with Crippen molar-refractivity contribution in [1.82, 2.24) is 10.4 Å². The van der Waals surface area contributed by atoms with Crippen LogP contribution in [-0.4, -0.2) is 22.0 Å². The van der Waals surface area contributed by atoms with E-state index in [0.29, 0.717) is 10.0 Å². The number of hydrogen-bond acceptors (Lipinski definition) is 5. The number of amides is 1. The average Bonchev–Trinajstić information content (AvgIpc) is 2.49. The van der Waals surface area contributed by atoms with E-state index in [0.717, 1.165) is 0 Å². The van der Waals surface area contributed by atoms with E-state index in [1.807, 2.05) is 0 Å². The molecule has 0 bridgehead atoms. The van der Waals surface area contributed by atoms with Gasteiger partial charge in [0.1, 0.15) is 5.69 Å². The van der Waals surface area contributed by atoms with Gasteiger partial charge in [-0.25, -0.2) is 5.43 Å². The summed E-state index contributed by atoms with van der Waals surface area (Å²) in [7, 11) is 0. The number of nitro groups is 1. The number of nitro benzene ring substituents is 1. The molecule has 0 aliphatic heterocycles. The van der Waals surface area contributed by atoms with Crippen molar-refractivity contribution in [2.24, 2.45) is 5.10 Å². The van der Waals surface area contributed by atoms with Gasteiger partial charge in [-0.3, -0.25) is 19.9 Å². The molecule has 7 nitrogen and oxygen atoms in total. The summed E-state index contributed by atoms with van der Waals surface area (Å²) >= 11 is 3.09. The Labute approximate surface area is 128 Å². The summed E-state index contributed by atoms with van der Waals surface area (Å²) in [6.45, 7) is 0. The van der Waals surface area contributed by atoms with E-state index in [4.69, 9.17) is 0 Å². The van der Waals surface area contributed by atoms with Crippen molar-refractivity contribution in [3.8, 4) is 0 Å². The zero-order valence-corrected chi connectivity index (χ0v) is 12.1. The largest absolute Gasteiger partial charge is 0.289 e. The molecule has 0 radical (unpaired) electrons. The number of benzene rings is 1. The lowest BCUT2D eigenvalue weighted by molar-refractivity contribution is -0.385. The topological polar surface area (TPSA) is 97.5 Å². The maximum atomic E-state index is 11.7. The molecular weight excluding hydrogens is 340 g/mol. The van der Waals surface area contributed by atoms with Crippen LogP contribution in [-0.2, 0) is 0 Å². The van der Waals surface area contributed by atoms with E-state index in [9.17, 15) is 14.9 Å². The SMILES string of the molecule is O=C(NN=Cc1ccc(Br)c([N+](=O)[O-])c1)c1ccccn1. The smallest absolute Gasteiger partial charge is 0.266 e. The van der Waals surface area contributed by atoms with Crippen LogP contribution in [0.5, 0.6) is 0 Å². The summed E-state index contributed by atoms with van der Waals surface area (Å²) in [5.74, 6) is -0.460. The van der Waals surface area contributed by atoms with Crippen LogP contribution in [0, 0.1) is 10.1 Å². The van der Waals surface area contributed by atoms with Gasteiger partial charge in [0, 0.05) is 17.8 Å². The minimum Gasteiger partial charge on any atom is -0.266 e. The zero-order valence-electron chi connectivity index (χ0n) is 10.6. The molecule has 1 aromatic carbocycles. The maximum Gasteiger partial charge on any atom is 0.289 e. The van der Waals surface area contributed by atoms with Crippen molar-refractivity contribution in [1.29, 1.82) is 0 Å². The molecule has 106 valence electrons. The summed E-state index contributed by atoms with van der Waals surface area (Å²) < 4.78 is 0.377. The van der Waals surface area contributed by atoms with Gasteiger partial charge in [-0.1, -0.05) is 12.1 Å². The van der Waals surface area contributed by atoms with Crippen LogP contribution in [0.15, 0.2) is 52.2 Å². The Morgan fingerprint density at radius 2 is 2.19 bits per heavy atom. The molecule has 0 atom stereocenters. The van der Waals surface area contributed by atoms with Crippen molar-refractivity contribution in [2.75, 3.05) is 0 Å².